The number of nitrogens with zero attached hydrogens (tertiary/aromatic N) is 3. The summed E-state index contributed by atoms with van der Waals surface area (Å²) in [7, 11) is 0. The molecule has 5 heteroatoms. The third-order valence-corrected chi connectivity index (χ3v) is 4.49. The lowest BCUT2D eigenvalue weighted by Crippen LogP contribution is -2.32. The molecule has 0 bridgehead atoms. The van der Waals surface area contributed by atoms with E-state index in [1.54, 1.807) is 6.33 Å². The zero-order valence-electron chi connectivity index (χ0n) is 13.8. The zero-order chi connectivity index (χ0) is 16.2. The van der Waals surface area contributed by atoms with Gasteiger partial charge in [0.2, 0.25) is 0 Å². The van der Waals surface area contributed by atoms with Gasteiger partial charge in [-0.15, -0.1) is 0 Å². The van der Waals surface area contributed by atoms with E-state index >= 15 is 0 Å². The lowest BCUT2D eigenvalue weighted by Gasteiger charge is -2.24. The summed E-state index contributed by atoms with van der Waals surface area (Å²) in [5, 5.41) is 12.8. The van der Waals surface area contributed by atoms with Crippen LogP contribution in [0.15, 0.2) is 30.6 Å². The Balaban J connectivity index is 1.70. The molecule has 1 atom stereocenters. The smallest absolute Gasteiger partial charge is 0.134 e. The Hall–Kier alpha value is -2.14. The second kappa shape index (κ2) is 6.96. The zero-order valence-corrected chi connectivity index (χ0v) is 13.8. The van der Waals surface area contributed by atoms with Gasteiger partial charge in [-0.25, -0.2) is 9.97 Å². The predicted octanol–water partition coefficient (Wildman–Crippen LogP) is 2.67. The number of benzene rings is 1. The molecule has 1 aliphatic rings. The number of aliphatic hydroxyl groups excluding tert-OH is 1. The maximum Gasteiger partial charge on any atom is 0.134 e. The Morgan fingerprint density at radius 3 is 2.91 bits per heavy atom. The molecule has 1 unspecified atom stereocenters. The molecule has 1 aromatic heterocycles. The summed E-state index contributed by atoms with van der Waals surface area (Å²) >= 11 is 0. The Bertz CT molecular complexity index is 674. The van der Waals surface area contributed by atoms with Crippen molar-refractivity contribution in [2.45, 2.75) is 39.3 Å². The van der Waals surface area contributed by atoms with Crippen molar-refractivity contribution in [1.82, 2.24) is 9.97 Å². The van der Waals surface area contributed by atoms with E-state index in [4.69, 9.17) is 0 Å². The number of nitrogens with one attached hydrogen (secondary N) is 1. The third-order valence-electron chi connectivity index (χ3n) is 4.49. The minimum absolute atomic E-state index is 0.176. The number of hydrogen-bond donors (Lipinski definition) is 2. The molecule has 122 valence electrons. The number of rotatable bonds is 5. The van der Waals surface area contributed by atoms with Crippen molar-refractivity contribution in [1.29, 1.82) is 0 Å². The molecule has 0 aliphatic carbocycles. The van der Waals surface area contributed by atoms with Crippen LogP contribution in [0.2, 0.25) is 0 Å². The number of hydrogen-bond acceptors (Lipinski definition) is 5. The first-order valence-corrected chi connectivity index (χ1v) is 8.17. The van der Waals surface area contributed by atoms with Crippen LogP contribution in [0.5, 0.6) is 0 Å². The highest BCUT2D eigenvalue weighted by molar-refractivity contribution is 5.50. The fraction of sp³-hybridized carbons (Fsp3) is 0.444. The van der Waals surface area contributed by atoms with Gasteiger partial charge in [-0.05, 0) is 37.8 Å². The number of aryl methyl sites for hydroxylation is 2. The van der Waals surface area contributed by atoms with Gasteiger partial charge >= 0.3 is 0 Å². The van der Waals surface area contributed by atoms with Gasteiger partial charge in [0.15, 0.2) is 0 Å². The van der Waals surface area contributed by atoms with Gasteiger partial charge in [0.25, 0.3) is 0 Å². The second-order valence-electron chi connectivity index (χ2n) is 6.22. The van der Waals surface area contributed by atoms with Crippen LogP contribution >= 0.6 is 0 Å². The standard InChI is InChI=1S/C18H24N4O/c1-13-5-6-15(14(2)8-13)10-19-17-9-18(21-12-20-17)22-7-3-4-16(22)11-23/h5-6,8-9,12,16,23H,3-4,7,10-11H2,1-2H3,(H,19,20,21). The SMILES string of the molecule is Cc1ccc(CNc2cc(N3CCCC3CO)ncn2)c(C)c1. The van der Waals surface area contributed by atoms with Crippen LogP contribution in [0.1, 0.15) is 29.5 Å². The van der Waals surface area contributed by atoms with Crippen molar-refractivity contribution < 1.29 is 5.11 Å². The van der Waals surface area contributed by atoms with Crippen molar-refractivity contribution >= 4 is 11.6 Å². The average molecular weight is 312 g/mol. The quantitative estimate of drug-likeness (QED) is 0.889. The fourth-order valence-electron chi connectivity index (χ4n) is 3.16. The van der Waals surface area contributed by atoms with Crippen LogP contribution in [0, 0.1) is 13.8 Å². The van der Waals surface area contributed by atoms with E-state index < -0.39 is 0 Å². The third kappa shape index (κ3) is 3.62. The Labute approximate surface area is 137 Å². The monoisotopic (exact) mass is 312 g/mol. The summed E-state index contributed by atoms with van der Waals surface area (Å²) in [5.74, 6) is 1.71. The number of aromatic nitrogens is 2. The Morgan fingerprint density at radius 1 is 1.26 bits per heavy atom. The van der Waals surface area contributed by atoms with E-state index in [-0.39, 0.29) is 12.6 Å². The molecular weight excluding hydrogens is 288 g/mol. The lowest BCUT2D eigenvalue weighted by atomic mass is 10.1. The summed E-state index contributed by atoms with van der Waals surface area (Å²) in [6, 6.07) is 8.63. The first kappa shape index (κ1) is 15.7. The predicted molar refractivity (Wildman–Crippen MR) is 92.7 cm³/mol. The highest BCUT2D eigenvalue weighted by atomic mass is 16.3. The molecule has 0 spiro atoms. The molecule has 0 radical (unpaired) electrons. The number of aliphatic hydroxyl groups is 1. The van der Waals surface area contributed by atoms with Crippen molar-refractivity contribution in [2.24, 2.45) is 0 Å². The van der Waals surface area contributed by atoms with Gasteiger partial charge in [0.05, 0.1) is 12.6 Å². The molecule has 0 amide bonds. The van der Waals surface area contributed by atoms with Crippen LogP contribution in [0.25, 0.3) is 0 Å². The van der Waals surface area contributed by atoms with E-state index in [1.165, 1.54) is 16.7 Å². The van der Waals surface area contributed by atoms with Crippen LogP contribution in [-0.4, -0.2) is 34.3 Å². The minimum atomic E-state index is 0.176. The summed E-state index contributed by atoms with van der Waals surface area (Å²) in [4.78, 5) is 10.9. The van der Waals surface area contributed by atoms with E-state index in [0.717, 1.165) is 37.6 Å². The molecule has 1 aromatic carbocycles. The highest BCUT2D eigenvalue weighted by Gasteiger charge is 2.25. The molecule has 2 aromatic rings. The highest BCUT2D eigenvalue weighted by Crippen LogP contribution is 2.24. The van der Waals surface area contributed by atoms with Crippen molar-refractivity contribution in [3.05, 3.63) is 47.3 Å². The molecule has 1 saturated heterocycles. The van der Waals surface area contributed by atoms with Gasteiger partial charge in [0, 0.05) is 19.2 Å². The van der Waals surface area contributed by atoms with Crippen LogP contribution in [0.4, 0.5) is 11.6 Å². The van der Waals surface area contributed by atoms with E-state index in [2.05, 4.69) is 52.2 Å². The normalized spacial score (nSPS) is 17.5. The van der Waals surface area contributed by atoms with Gasteiger partial charge in [0.1, 0.15) is 18.0 Å². The summed E-state index contributed by atoms with van der Waals surface area (Å²) in [6.07, 6.45) is 3.71. The molecule has 5 nitrogen and oxygen atoms in total. The largest absolute Gasteiger partial charge is 0.394 e. The van der Waals surface area contributed by atoms with E-state index in [1.807, 2.05) is 6.07 Å². The number of anilines is 2. The van der Waals surface area contributed by atoms with Crippen LogP contribution < -0.4 is 10.2 Å². The maximum absolute atomic E-state index is 9.47. The van der Waals surface area contributed by atoms with Crippen molar-refractivity contribution in [3.63, 3.8) is 0 Å². The van der Waals surface area contributed by atoms with Crippen molar-refractivity contribution in [2.75, 3.05) is 23.4 Å². The molecule has 3 rings (SSSR count). The van der Waals surface area contributed by atoms with E-state index in [9.17, 15) is 5.11 Å². The maximum atomic E-state index is 9.47. The average Bonchev–Trinajstić information content (AvgIpc) is 3.03. The molecule has 1 fully saturated rings. The Kier molecular flexibility index (Phi) is 4.76. The van der Waals surface area contributed by atoms with Gasteiger partial charge in [-0.2, -0.15) is 0 Å². The Morgan fingerprint density at radius 2 is 2.13 bits per heavy atom. The molecule has 2 N–H and O–H groups in total. The van der Waals surface area contributed by atoms with Gasteiger partial charge in [-0.1, -0.05) is 23.8 Å². The summed E-state index contributed by atoms with van der Waals surface area (Å²) in [6.45, 7) is 6.10. The van der Waals surface area contributed by atoms with Gasteiger partial charge < -0.3 is 15.3 Å². The molecule has 23 heavy (non-hydrogen) atoms. The van der Waals surface area contributed by atoms with Crippen LogP contribution in [0.3, 0.4) is 0 Å². The molecule has 1 aliphatic heterocycles. The first-order valence-electron chi connectivity index (χ1n) is 8.17. The molecule has 0 saturated carbocycles. The lowest BCUT2D eigenvalue weighted by molar-refractivity contribution is 0.266. The van der Waals surface area contributed by atoms with E-state index in [0.29, 0.717) is 0 Å². The second-order valence-corrected chi connectivity index (χ2v) is 6.22. The molecule has 2 heterocycles. The van der Waals surface area contributed by atoms with Crippen molar-refractivity contribution in [3.8, 4) is 0 Å². The van der Waals surface area contributed by atoms with Crippen LogP contribution in [-0.2, 0) is 6.54 Å². The fourth-order valence-corrected chi connectivity index (χ4v) is 3.16. The van der Waals surface area contributed by atoms with Gasteiger partial charge in [-0.3, -0.25) is 0 Å². The minimum Gasteiger partial charge on any atom is -0.394 e. The first-order chi connectivity index (χ1) is 11.2. The topological polar surface area (TPSA) is 61.3 Å². The summed E-state index contributed by atoms with van der Waals surface area (Å²) < 4.78 is 0. The molecular formula is C18H24N4O. The summed E-state index contributed by atoms with van der Waals surface area (Å²) in [5.41, 5.74) is 3.83.